The fourth-order valence-electron chi connectivity index (χ4n) is 4.62. The maximum absolute atomic E-state index is 13.2. The Bertz CT molecular complexity index is 1590. The highest BCUT2D eigenvalue weighted by Gasteiger charge is 2.23. The van der Waals surface area contributed by atoms with Gasteiger partial charge in [-0.2, -0.15) is 10.4 Å². The first kappa shape index (κ1) is 23.2. The molecule has 4 aromatic rings. The van der Waals surface area contributed by atoms with Crippen LogP contribution in [-0.2, 0) is 22.5 Å². The number of nitriles is 1. The summed E-state index contributed by atoms with van der Waals surface area (Å²) in [6.07, 6.45) is 2.65. The van der Waals surface area contributed by atoms with E-state index in [9.17, 15) is 14.9 Å². The predicted molar refractivity (Wildman–Crippen MR) is 135 cm³/mol. The fraction of sp³-hybridized carbons (Fsp3) is 0.370. The van der Waals surface area contributed by atoms with Crippen LogP contribution < -0.4 is 10.3 Å². The van der Waals surface area contributed by atoms with Crippen LogP contribution in [0.4, 0.5) is 0 Å². The highest BCUT2D eigenvalue weighted by Crippen LogP contribution is 2.31. The van der Waals surface area contributed by atoms with Gasteiger partial charge in [0.05, 0.1) is 53.9 Å². The molecular formula is C27H26N6O4. The number of ether oxygens (including phenoxy) is 2. The van der Waals surface area contributed by atoms with Crippen molar-refractivity contribution in [2.45, 2.75) is 25.8 Å². The third kappa shape index (κ3) is 4.78. The molecule has 3 heterocycles. The van der Waals surface area contributed by atoms with E-state index >= 15 is 0 Å². The second-order valence-electron chi connectivity index (χ2n) is 9.54. The van der Waals surface area contributed by atoms with Gasteiger partial charge in [-0.15, -0.1) is 0 Å². The molecule has 0 atom stereocenters. The van der Waals surface area contributed by atoms with Crippen LogP contribution >= 0.6 is 0 Å². The van der Waals surface area contributed by atoms with Crippen LogP contribution in [-0.4, -0.2) is 63.5 Å². The highest BCUT2D eigenvalue weighted by molar-refractivity contribution is 5.85. The molecule has 0 bridgehead atoms. The molecule has 37 heavy (non-hydrogen) atoms. The van der Waals surface area contributed by atoms with Crippen molar-refractivity contribution in [3.8, 4) is 11.8 Å². The summed E-state index contributed by atoms with van der Waals surface area (Å²) in [7, 11) is 0. The number of H-pyrrole nitrogens is 1. The lowest BCUT2D eigenvalue weighted by Crippen LogP contribution is -2.43. The maximum atomic E-state index is 13.2. The van der Waals surface area contributed by atoms with E-state index in [-0.39, 0.29) is 18.0 Å². The number of hydrogen-bond acceptors (Lipinski definition) is 7. The van der Waals surface area contributed by atoms with Gasteiger partial charge in [0, 0.05) is 24.5 Å². The molecule has 1 aliphatic heterocycles. The quantitative estimate of drug-likeness (QED) is 0.415. The molecule has 10 nitrogen and oxygen atoms in total. The highest BCUT2D eigenvalue weighted by atomic mass is 16.5. The molecule has 2 aromatic carbocycles. The molecule has 1 aliphatic carbocycles. The summed E-state index contributed by atoms with van der Waals surface area (Å²) in [5.41, 5.74) is 2.21. The lowest BCUT2D eigenvalue weighted by Gasteiger charge is -2.26. The van der Waals surface area contributed by atoms with Gasteiger partial charge in [0.2, 0.25) is 5.91 Å². The molecule has 1 saturated heterocycles. The molecule has 1 amide bonds. The smallest absolute Gasteiger partial charge is 0.275 e. The summed E-state index contributed by atoms with van der Waals surface area (Å²) < 4.78 is 12.5. The summed E-state index contributed by atoms with van der Waals surface area (Å²) in [4.78, 5) is 35.7. The van der Waals surface area contributed by atoms with Crippen LogP contribution in [0.15, 0.2) is 41.2 Å². The number of nitrogens with zero attached hydrogens (tertiary/aromatic N) is 5. The molecule has 0 radical (unpaired) electrons. The number of nitrogens with one attached hydrogen (secondary N) is 1. The van der Waals surface area contributed by atoms with Gasteiger partial charge in [0.15, 0.2) is 0 Å². The minimum atomic E-state index is -0.304. The Kier molecular flexibility index (Phi) is 6.06. The zero-order chi connectivity index (χ0) is 25.4. The lowest BCUT2D eigenvalue weighted by atomic mass is 10.1. The molecular weight excluding hydrogens is 472 g/mol. The molecule has 0 spiro atoms. The third-order valence-electron chi connectivity index (χ3n) is 6.85. The Morgan fingerprint density at radius 1 is 1.19 bits per heavy atom. The van der Waals surface area contributed by atoms with Gasteiger partial charge >= 0.3 is 0 Å². The summed E-state index contributed by atoms with van der Waals surface area (Å²) in [6, 6.07) is 13.0. The number of morpholine rings is 1. The third-order valence-corrected chi connectivity index (χ3v) is 6.85. The van der Waals surface area contributed by atoms with Gasteiger partial charge in [0.1, 0.15) is 24.2 Å². The van der Waals surface area contributed by atoms with Crippen LogP contribution in [0.1, 0.15) is 29.9 Å². The number of aromatic amines is 1. The number of carbonyl (C=O) groups is 1. The van der Waals surface area contributed by atoms with Crippen molar-refractivity contribution in [3.05, 3.63) is 63.8 Å². The Labute approximate surface area is 212 Å². The number of hydrogen-bond donors (Lipinski definition) is 1. The molecule has 2 aliphatic rings. The second kappa shape index (κ2) is 9.67. The van der Waals surface area contributed by atoms with Crippen molar-refractivity contribution in [1.82, 2.24) is 24.6 Å². The Morgan fingerprint density at radius 2 is 1.97 bits per heavy atom. The van der Waals surface area contributed by atoms with Crippen LogP contribution in [0.25, 0.3) is 21.8 Å². The van der Waals surface area contributed by atoms with E-state index < -0.39 is 0 Å². The summed E-state index contributed by atoms with van der Waals surface area (Å²) in [5.74, 6) is 1.59. The monoisotopic (exact) mass is 498 g/mol. The van der Waals surface area contributed by atoms with Crippen molar-refractivity contribution in [3.63, 3.8) is 0 Å². The Morgan fingerprint density at radius 3 is 2.73 bits per heavy atom. The van der Waals surface area contributed by atoms with Crippen LogP contribution in [0.3, 0.4) is 0 Å². The number of imidazole rings is 1. The molecule has 0 unspecified atom stereocenters. The van der Waals surface area contributed by atoms with Gasteiger partial charge in [-0.05, 0) is 30.9 Å². The van der Waals surface area contributed by atoms with Crippen molar-refractivity contribution in [2.75, 3.05) is 32.9 Å². The first-order valence-electron chi connectivity index (χ1n) is 12.5. The molecule has 2 aromatic heterocycles. The molecule has 2 fully saturated rings. The molecule has 1 N–H and O–H groups in total. The number of fused-ring (bicyclic) bond motifs is 2. The predicted octanol–water partition coefficient (Wildman–Crippen LogP) is 2.38. The minimum absolute atomic E-state index is 0.135. The Hall–Kier alpha value is -4.23. The lowest BCUT2D eigenvalue weighted by molar-refractivity contribution is -0.136. The summed E-state index contributed by atoms with van der Waals surface area (Å²) in [6.45, 7) is 2.46. The standard InChI is InChI=1S/C27H26N6O4/c28-14-18-11-22-23(12-24(18)37-16-17-5-6-17)30-25(29-22)13-21-19-3-1-2-4-20(19)27(35)33(31-21)15-26(34)32-7-9-36-10-8-32/h1-4,11-12,17H,5-10,13,15-16H2,(H,29,30). The Balaban J connectivity index is 1.32. The largest absolute Gasteiger partial charge is 0.492 e. The van der Waals surface area contributed by atoms with Crippen molar-refractivity contribution >= 4 is 27.7 Å². The van der Waals surface area contributed by atoms with Gasteiger partial charge in [0.25, 0.3) is 5.56 Å². The van der Waals surface area contributed by atoms with E-state index in [2.05, 4.69) is 16.2 Å². The number of amides is 1. The molecule has 1 saturated carbocycles. The summed E-state index contributed by atoms with van der Waals surface area (Å²) >= 11 is 0. The minimum Gasteiger partial charge on any atom is -0.492 e. The normalized spacial score (nSPS) is 15.7. The maximum Gasteiger partial charge on any atom is 0.275 e. The first-order valence-corrected chi connectivity index (χ1v) is 12.5. The van der Waals surface area contributed by atoms with Gasteiger partial charge < -0.3 is 19.4 Å². The van der Waals surface area contributed by atoms with Gasteiger partial charge in [-0.25, -0.2) is 9.67 Å². The zero-order valence-electron chi connectivity index (χ0n) is 20.3. The van der Waals surface area contributed by atoms with E-state index in [0.717, 1.165) is 18.4 Å². The molecule has 10 heteroatoms. The number of aromatic nitrogens is 4. The first-order chi connectivity index (χ1) is 18.1. The van der Waals surface area contributed by atoms with Crippen molar-refractivity contribution in [1.29, 1.82) is 5.26 Å². The SMILES string of the molecule is N#Cc1cc2[nH]c(Cc3nn(CC(=O)N4CCOCC4)c(=O)c4ccccc34)nc2cc1OCC1CC1. The van der Waals surface area contributed by atoms with Gasteiger partial charge in [-0.1, -0.05) is 18.2 Å². The van der Waals surface area contributed by atoms with Gasteiger partial charge in [-0.3, -0.25) is 9.59 Å². The number of carbonyl (C=O) groups excluding carboxylic acids is 1. The molecule has 188 valence electrons. The average Bonchev–Trinajstić information content (AvgIpc) is 3.68. The van der Waals surface area contributed by atoms with E-state index in [1.165, 1.54) is 4.68 Å². The number of benzene rings is 2. The van der Waals surface area contributed by atoms with E-state index in [1.807, 2.05) is 12.1 Å². The van der Waals surface area contributed by atoms with Crippen molar-refractivity contribution < 1.29 is 14.3 Å². The number of rotatable bonds is 7. The summed E-state index contributed by atoms with van der Waals surface area (Å²) in [5, 5.41) is 15.4. The van der Waals surface area contributed by atoms with Crippen LogP contribution in [0, 0.1) is 17.2 Å². The molecule has 6 rings (SSSR count). The average molecular weight is 499 g/mol. The van der Waals surface area contributed by atoms with E-state index in [1.54, 1.807) is 29.2 Å². The zero-order valence-corrected chi connectivity index (χ0v) is 20.3. The van der Waals surface area contributed by atoms with E-state index in [0.29, 0.717) is 84.4 Å². The topological polar surface area (TPSA) is 126 Å². The second-order valence-corrected chi connectivity index (χ2v) is 9.54. The van der Waals surface area contributed by atoms with Crippen LogP contribution in [0.2, 0.25) is 0 Å². The van der Waals surface area contributed by atoms with E-state index in [4.69, 9.17) is 14.5 Å². The van der Waals surface area contributed by atoms with Crippen molar-refractivity contribution in [2.24, 2.45) is 5.92 Å². The fourth-order valence-corrected chi connectivity index (χ4v) is 4.62. The van der Waals surface area contributed by atoms with Crippen LogP contribution in [0.5, 0.6) is 5.75 Å².